The third-order valence-electron chi connectivity index (χ3n) is 4.61. The standard InChI is InChI=1S/C16H17F3N2O3/c1-4-21(5-2)13(22)12-15(24-12)9-7-6-8-10(16(17,18)19)11(9)20(3)14(15)23/h6-8,12H,4-5H2,1-3H3. The molecule has 2 aliphatic heterocycles. The second kappa shape index (κ2) is 5.20. The number of fused-ring (bicyclic) bond motifs is 2. The smallest absolute Gasteiger partial charge is 0.341 e. The Hall–Kier alpha value is -2.09. The summed E-state index contributed by atoms with van der Waals surface area (Å²) in [5, 5.41) is 0. The summed E-state index contributed by atoms with van der Waals surface area (Å²) in [6.07, 6.45) is -5.67. The van der Waals surface area contributed by atoms with Gasteiger partial charge in [-0.05, 0) is 19.9 Å². The van der Waals surface area contributed by atoms with Crippen molar-refractivity contribution >= 4 is 17.5 Å². The molecule has 2 heterocycles. The van der Waals surface area contributed by atoms with Crippen LogP contribution in [0.4, 0.5) is 18.9 Å². The molecule has 24 heavy (non-hydrogen) atoms. The summed E-state index contributed by atoms with van der Waals surface area (Å²) < 4.78 is 45.2. The third kappa shape index (κ3) is 2.05. The first-order valence-corrected chi connectivity index (χ1v) is 7.65. The van der Waals surface area contributed by atoms with Crippen LogP contribution in [0, 0.1) is 0 Å². The predicted octanol–water partition coefficient (Wildman–Crippen LogP) is 2.14. The second-order valence-corrected chi connectivity index (χ2v) is 5.81. The van der Waals surface area contributed by atoms with Crippen molar-refractivity contribution in [2.24, 2.45) is 0 Å². The SMILES string of the molecule is CCN(CC)C(=O)C1OC12C(=O)N(C)c1c(C(F)(F)F)cccc12. The summed E-state index contributed by atoms with van der Waals surface area (Å²) in [6.45, 7) is 4.44. The topological polar surface area (TPSA) is 53.2 Å². The normalized spacial score (nSPS) is 25.2. The molecule has 0 radical (unpaired) electrons. The van der Waals surface area contributed by atoms with Crippen LogP contribution in [-0.4, -0.2) is 43.0 Å². The monoisotopic (exact) mass is 342 g/mol. The Morgan fingerprint density at radius 3 is 2.50 bits per heavy atom. The van der Waals surface area contributed by atoms with Crippen LogP contribution in [-0.2, 0) is 26.1 Å². The lowest BCUT2D eigenvalue weighted by molar-refractivity contribution is -0.137. The summed E-state index contributed by atoms with van der Waals surface area (Å²) in [7, 11) is 1.27. The van der Waals surface area contributed by atoms with Crippen molar-refractivity contribution in [1.29, 1.82) is 0 Å². The van der Waals surface area contributed by atoms with Crippen molar-refractivity contribution < 1.29 is 27.5 Å². The van der Waals surface area contributed by atoms with Crippen molar-refractivity contribution in [2.75, 3.05) is 25.0 Å². The van der Waals surface area contributed by atoms with Gasteiger partial charge in [0.05, 0.1) is 11.3 Å². The van der Waals surface area contributed by atoms with Gasteiger partial charge in [0.25, 0.3) is 11.8 Å². The maximum Gasteiger partial charge on any atom is 0.418 e. The zero-order valence-corrected chi connectivity index (χ0v) is 13.5. The third-order valence-corrected chi connectivity index (χ3v) is 4.61. The molecule has 0 aromatic heterocycles. The maximum absolute atomic E-state index is 13.3. The Balaban J connectivity index is 2.07. The van der Waals surface area contributed by atoms with Crippen LogP contribution >= 0.6 is 0 Å². The highest BCUT2D eigenvalue weighted by Crippen LogP contribution is 2.58. The number of ether oxygens (including phenoxy) is 1. The summed E-state index contributed by atoms with van der Waals surface area (Å²) in [5.41, 5.74) is -2.65. The molecule has 2 aliphatic rings. The fourth-order valence-electron chi connectivity index (χ4n) is 3.34. The van der Waals surface area contributed by atoms with Gasteiger partial charge in [-0.2, -0.15) is 13.2 Å². The molecule has 5 nitrogen and oxygen atoms in total. The minimum absolute atomic E-state index is 0.107. The molecule has 1 saturated heterocycles. The lowest BCUT2D eigenvalue weighted by atomic mass is 9.94. The molecule has 1 spiro atoms. The first-order chi connectivity index (χ1) is 11.2. The fraction of sp³-hybridized carbons (Fsp3) is 0.500. The van der Waals surface area contributed by atoms with Gasteiger partial charge in [0.1, 0.15) is 0 Å². The van der Waals surface area contributed by atoms with E-state index in [9.17, 15) is 22.8 Å². The molecule has 0 saturated carbocycles. The molecule has 3 rings (SSSR count). The van der Waals surface area contributed by atoms with E-state index in [2.05, 4.69) is 0 Å². The fourth-order valence-corrected chi connectivity index (χ4v) is 3.34. The quantitative estimate of drug-likeness (QED) is 0.791. The van der Waals surface area contributed by atoms with Crippen LogP contribution in [0.25, 0.3) is 0 Å². The van der Waals surface area contributed by atoms with Gasteiger partial charge < -0.3 is 14.5 Å². The van der Waals surface area contributed by atoms with Crippen LogP contribution in [0.1, 0.15) is 25.0 Å². The van der Waals surface area contributed by atoms with E-state index in [1.54, 1.807) is 13.8 Å². The van der Waals surface area contributed by atoms with Gasteiger partial charge in [-0.15, -0.1) is 0 Å². The number of halogens is 3. The van der Waals surface area contributed by atoms with E-state index >= 15 is 0 Å². The van der Waals surface area contributed by atoms with E-state index in [-0.39, 0.29) is 17.2 Å². The van der Waals surface area contributed by atoms with Crippen molar-refractivity contribution in [3.63, 3.8) is 0 Å². The number of hydrogen-bond donors (Lipinski definition) is 0. The highest BCUT2D eigenvalue weighted by molar-refractivity contribution is 6.13. The molecule has 8 heteroatoms. The van der Waals surface area contributed by atoms with Gasteiger partial charge in [-0.1, -0.05) is 12.1 Å². The van der Waals surface area contributed by atoms with E-state index in [0.29, 0.717) is 13.1 Å². The summed E-state index contributed by atoms with van der Waals surface area (Å²) >= 11 is 0. The number of benzene rings is 1. The minimum Gasteiger partial charge on any atom is -0.341 e. The van der Waals surface area contributed by atoms with E-state index in [4.69, 9.17) is 4.74 Å². The molecule has 1 aromatic rings. The Morgan fingerprint density at radius 2 is 1.96 bits per heavy atom. The number of amides is 2. The first-order valence-electron chi connectivity index (χ1n) is 7.65. The molecule has 0 N–H and O–H groups in total. The summed E-state index contributed by atoms with van der Waals surface area (Å²) in [4.78, 5) is 27.5. The van der Waals surface area contributed by atoms with E-state index < -0.39 is 29.4 Å². The highest BCUT2D eigenvalue weighted by Gasteiger charge is 2.73. The number of epoxide rings is 1. The number of anilines is 1. The Morgan fingerprint density at radius 1 is 1.33 bits per heavy atom. The average Bonchev–Trinajstić information content (AvgIpc) is 3.25. The van der Waals surface area contributed by atoms with E-state index in [1.807, 2.05) is 0 Å². The molecular weight excluding hydrogens is 325 g/mol. The number of carbonyl (C=O) groups is 2. The lowest BCUT2D eigenvalue weighted by Crippen LogP contribution is -2.39. The van der Waals surface area contributed by atoms with Crippen molar-refractivity contribution in [3.05, 3.63) is 29.3 Å². The number of nitrogens with zero attached hydrogens (tertiary/aromatic N) is 2. The van der Waals surface area contributed by atoms with Crippen molar-refractivity contribution in [3.8, 4) is 0 Å². The van der Waals surface area contributed by atoms with E-state index in [1.165, 1.54) is 24.1 Å². The van der Waals surface area contributed by atoms with Crippen LogP contribution < -0.4 is 4.90 Å². The van der Waals surface area contributed by atoms with Crippen LogP contribution in [0.3, 0.4) is 0 Å². The number of carbonyl (C=O) groups excluding carboxylic acids is 2. The Kier molecular flexibility index (Phi) is 3.63. The number of alkyl halides is 3. The molecule has 130 valence electrons. The zero-order valence-electron chi connectivity index (χ0n) is 13.5. The lowest BCUT2D eigenvalue weighted by Gasteiger charge is -2.17. The maximum atomic E-state index is 13.3. The zero-order chi connectivity index (χ0) is 17.9. The average molecular weight is 342 g/mol. The molecular formula is C16H17F3N2O3. The summed E-state index contributed by atoms with van der Waals surface area (Å²) in [5.74, 6) is -1.02. The Bertz CT molecular complexity index is 715. The minimum atomic E-state index is -4.60. The van der Waals surface area contributed by atoms with Gasteiger partial charge in [0.15, 0.2) is 6.10 Å². The first kappa shape index (κ1) is 16.8. The van der Waals surface area contributed by atoms with Gasteiger partial charge >= 0.3 is 6.18 Å². The molecule has 1 aromatic carbocycles. The van der Waals surface area contributed by atoms with E-state index in [0.717, 1.165) is 11.0 Å². The largest absolute Gasteiger partial charge is 0.418 e. The number of hydrogen-bond acceptors (Lipinski definition) is 3. The van der Waals surface area contributed by atoms with Crippen LogP contribution in [0.15, 0.2) is 18.2 Å². The molecule has 2 unspecified atom stereocenters. The molecule has 2 atom stereocenters. The number of rotatable bonds is 3. The van der Waals surface area contributed by atoms with Crippen molar-refractivity contribution in [2.45, 2.75) is 31.7 Å². The molecule has 2 amide bonds. The van der Waals surface area contributed by atoms with Gasteiger partial charge in [-0.25, -0.2) is 0 Å². The van der Waals surface area contributed by atoms with Crippen LogP contribution in [0.2, 0.25) is 0 Å². The summed E-state index contributed by atoms with van der Waals surface area (Å²) in [6, 6.07) is 3.57. The predicted molar refractivity (Wildman–Crippen MR) is 79.3 cm³/mol. The van der Waals surface area contributed by atoms with Gasteiger partial charge in [0, 0.05) is 25.7 Å². The molecule has 0 bridgehead atoms. The second-order valence-electron chi connectivity index (χ2n) is 5.81. The highest BCUT2D eigenvalue weighted by atomic mass is 19.4. The Labute approximate surface area is 137 Å². The van der Waals surface area contributed by atoms with Gasteiger partial charge in [-0.3, -0.25) is 9.59 Å². The van der Waals surface area contributed by atoms with Gasteiger partial charge in [0.2, 0.25) is 5.60 Å². The molecule has 0 aliphatic carbocycles. The molecule has 1 fully saturated rings. The van der Waals surface area contributed by atoms with Crippen molar-refractivity contribution in [1.82, 2.24) is 4.90 Å². The van der Waals surface area contributed by atoms with Crippen LogP contribution in [0.5, 0.6) is 0 Å². The number of para-hydroxylation sites is 1. The number of likely N-dealkylation sites (N-methyl/N-ethyl adjacent to an activating group) is 2.